The molecule has 1 N–H and O–H groups in total. The predicted octanol–water partition coefficient (Wildman–Crippen LogP) is 4.40. The molecule has 10 heteroatoms. The van der Waals surface area contributed by atoms with Gasteiger partial charge in [0.1, 0.15) is 17.9 Å². The van der Waals surface area contributed by atoms with Crippen LogP contribution in [0.1, 0.15) is 53.1 Å². The van der Waals surface area contributed by atoms with Gasteiger partial charge in [0.25, 0.3) is 5.91 Å². The Balaban J connectivity index is 1.21. The van der Waals surface area contributed by atoms with Gasteiger partial charge < -0.3 is 14.6 Å². The van der Waals surface area contributed by atoms with E-state index in [1.807, 2.05) is 0 Å². The van der Waals surface area contributed by atoms with Crippen molar-refractivity contribution in [3.8, 4) is 0 Å². The van der Waals surface area contributed by atoms with Gasteiger partial charge in [-0.15, -0.1) is 0 Å². The monoisotopic (exact) mass is 457 g/mol. The number of furan rings is 1. The van der Waals surface area contributed by atoms with Crippen LogP contribution < -0.4 is 5.32 Å². The third-order valence-electron chi connectivity index (χ3n) is 7.23. The Kier molecular flexibility index (Phi) is 4.14. The van der Waals surface area contributed by atoms with Gasteiger partial charge in [-0.3, -0.25) is 9.78 Å². The summed E-state index contributed by atoms with van der Waals surface area (Å²) in [7, 11) is 0. The fraction of sp³-hybridized carbons (Fsp3) is 0.478. The van der Waals surface area contributed by atoms with Gasteiger partial charge in [-0.05, 0) is 50.7 Å². The maximum atomic E-state index is 13.5. The van der Waals surface area contributed by atoms with E-state index in [1.165, 1.54) is 12.4 Å². The summed E-state index contributed by atoms with van der Waals surface area (Å²) in [5, 5.41) is 4.03. The predicted molar refractivity (Wildman–Crippen MR) is 113 cm³/mol. The first kappa shape index (κ1) is 20.4. The number of aromatic nitrogens is 3. The molecule has 0 aromatic carbocycles. The van der Waals surface area contributed by atoms with Crippen molar-refractivity contribution in [2.45, 2.75) is 44.3 Å². The fourth-order valence-corrected chi connectivity index (χ4v) is 5.05. The molecule has 1 saturated heterocycles. The van der Waals surface area contributed by atoms with E-state index < -0.39 is 11.7 Å². The number of amides is 1. The van der Waals surface area contributed by atoms with Crippen molar-refractivity contribution in [3.05, 3.63) is 47.2 Å². The molecule has 7 nitrogen and oxygen atoms in total. The lowest BCUT2D eigenvalue weighted by Crippen LogP contribution is -2.32. The lowest BCUT2D eigenvalue weighted by molar-refractivity contribution is -0.137. The molecular formula is C23H22F3N5O2. The average Bonchev–Trinajstić information content (AvgIpc) is 3.55. The molecule has 1 aliphatic heterocycles. The highest BCUT2D eigenvalue weighted by atomic mass is 19.4. The molecule has 3 aromatic rings. The number of halogens is 3. The van der Waals surface area contributed by atoms with Crippen molar-refractivity contribution in [2.75, 3.05) is 18.4 Å². The molecule has 1 amide bonds. The summed E-state index contributed by atoms with van der Waals surface area (Å²) >= 11 is 0. The highest BCUT2D eigenvalue weighted by molar-refractivity contribution is 6.10. The number of likely N-dealkylation sites (tertiary alicyclic amines) is 1. The zero-order chi connectivity index (χ0) is 23.1. The maximum absolute atomic E-state index is 13.5. The van der Waals surface area contributed by atoms with Gasteiger partial charge in [-0.25, -0.2) is 9.97 Å². The third kappa shape index (κ3) is 3.34. The van der Waals surface area contributed by atoms with Crippen LogP contribution in [0.15, 0.2) is 29.1 Å². The van der Waals surface area contributed by atoms with Gasteiger partial charge in [0.15, 0.2) is 0 Å². The number of carbonyl (C=O) groups excluding carboxylic acids is 1. The molecule has 2 saturated carbocycles. The van der Waals surface area contributed by atoms with E-state index >= 15 is 0 Å². The highest BCUT2D eigenvalue weighted by Crippen LogP contribution is 2.58. The summed E-state index contributed by atoms with van der Waals surface area (Å²) in [5.41, 5.74) is 0.747. The standard InChI is InChI=1S/C23H22F3N5O2/c1-11-16(18-19(30-22(2)5-6-22)28-10-29-20(18)33-11)21(32)31-8-13-14(9-31)17(13)15-4-3-12(7-27-15)23(24,25)26/h3-4,7,10,13-14,17H,5-6,8-9H2,1-2H3,(H,28,29,30)/t13-,14+,17+. The summed E-state index contributed by atoms with van der Waals surface area (Å²) in [6.07, 6.45) is -0.00283. The van der Waals surface area contributed by atoms with Crippen LogP contribution in [0, 0.1) is 18.8 Å². The van der Waals surface area contributed by atoms with Crippen LogP contribution in [-0.2, 0) is 6.18 Å². The molecule has 0 bridgehead atoms. The van der Waals surface area contributed by atoms with Crippen molar-refractivity contribution in [1.82, 2.24) is 19.9 Å². The Morgan fingerprint density at radius 3 is 2.52 bits per heavy atom. The second kappa shape index (κ2) is 6.68. The Morgan fingerprint density at radius 2 is 1.91 bits per heavy atom. The fourth-order valence-electron chi connectivity index (χ4n) is 5.05. The quantitative estimate of drug-likeness (QED) is 0.626. The molecule has 0 spiro atoms. The maximum Gasteiger partial charge on any atom is 0.417 e. The van der Waals surface area contributed by atoms with Crippen molar-refractivity contribution in [3.63, 3.8) is 0 Å². The minimum atomic E-state index is -4.40. The topological polar surface area (TPSA) is 84.2 Å². The minimum absolute atomic E-state index is 0.0239. The van der Waals surface area contributed by atoms with E-state index in [-0.39, 0.29) is 29.2 Å². The SMILES string of the molecule is Cc1oc2ncnc(NC3(C)CC3)c2c1C(=O)N1C[C@@H]2[C@H](C1)[C@H]2c1ccc(C(F)(F)F)cn1. The van der Waals surface area contributed by atoms with Gasteiger partial charge in [0.2, 0.25) is 5.71 Å². The van der Waals surface area contributed by atoms with Crippen LogP contribution >= 0.6 is 0 Å². The largest absolute Gasteiger partial charge is 0.442 e. The summed E-state index contributed by atoms with van der Waals surface area (Å²) in [4.78, 5) is 27.9. The van der Waals surface area contributed by atoms with E-state index in [0.717, 1.165) is 25.1 Å². The normalized spacial score (nSPS) is 25.2. The van der Waals surface area contributed by atoms with Crippen LogP contribution in [-0.4, -0.2) is 44.4 Å². The van der Waals surface area contributed by atoms with Crippen molar-refractivity contribution in [2.24, 2.45) is 11.8 Å². The first-order chi connectivity index (χ1) is 15.6. The molecule has 0 unspecified atom stereocenters. The van der Waals surface area contributed by atoms with Crippen LogP contribution in [0.5, 0.6) is 0 Å². The number of piperidine rings is 1. The Bertz CT molecular complexity index is 1250. The number of pyridine rings is 1. The first-order valence-corrected chi connectivity index (χ1v) is 11.0. The molecule has 33 heavy (non-hydrogen) atoms. The van der Waals surface area contributed by atoms with E-state index in [1.54, 1.807) is 11.8 Å². The number of hydrogen-bond donors (Lipinski definition) is 1. The van der Waals surface area contributed by atoms with Gasteiger partial charge in [-0.2, -0.15) is 13.2 Å². The second-order valence-corrected chi connectivity index (χ2v) is 9.65. The molecule has 3 aromatic heterocycles. The molecule has 3 atom stereocenters. The van der Waals surface area contributed by atoms with Crippen molar-refractivity contribution >= 4 is 22.8 Å². The number of nitrogens with one attached hydrogen (secondary N) is 1. The average molecular weight is 457 g/mol. The van der Waals surface area contributed by atoms with E-state index in [2.05, 4.69) is 27.2 Å². The molecule has 3 fully saturated rings. The third-order valence-corrected chi connectivity index (χ3v) is 7.23. The number of alkyl halides is 3. The van der Waals surface area contributed by atoms with Gasteiger partial charge in [0, 0.05) is 36.4 Å². The van der Waals surface area contributed by atoms with Crippen molar-refractivity contribution < 1.29 is 22.4 Å². The Hall–Kier alpha value is -3.17. The molecule has 4 heterocycles. The van der Waals surface area contributed by atoms with Gasteiger partial charge >= 0.3 is 6.18 Å². The molecule has 2 aliphatic carbocycles. The Morgan fingerprint density at radius 1 is 1.18 bits per heavy atom. The van der Waals surface area contributed by atoms with Gasteiger partial charge in [0.05, 0.1) is 16.5 Å². The number of hydrogen-bond acceptors (Lipinski definition) is 6. The summed E-state index contributed by atoms with van der Waals surface area (Å²) in [6.45, 7) is 4.94. The van der Waals surface area contributed by atoms with Crippen LogP contribution in [0.4, 0.5) is 19.0 Å². The molecule has 3 aliphatic rings. The van der Waals surface area contributed by atoms with E-state index in [9.17, 15) is 18.0 Å². The smallest absolute Gasteiger partial charge is 0.417 e. The van der Waals surface area contributed by atoms with Crippen LogP contribution in [0.2, 0.25) is 0 Å². The molecular weight excluding hydrogens is 435 g/mol. The lowest BCUT2D eigenvalue weighted by atomic mass is 10.1. The van der Waals surface area contributed by atoms with E-state index in [4.69, 9.17) is 4.42 Å². The highest BCUT2D eigenvalue weighted by Gasteiger charge is 2.58. The zero-order valence-electron chi connectivity index (χ0n) is 18.1. The van der Waals surface area contributed by atoms with E-state index in [0.29, 0.717) is 47.0 Å². The molecule has 6 rings (SSSR count). The summed E-state index contributed by atoms with van der Waals surface area (Å²) < 4.78 is 44.2. The summed E-state index contributed by atoms with van der Waals surface area (Å²) in [6, 6.07) is 2.54. The first-order valence-electron chi connectivity index (χ1n) is 11.0. The van der Waals surface area contributed by atoms with Gasteiger partial charge in [-0.1, -0.05) is 0 Å². The summed E-state index contributed by atoms with van der Waals surface area (Å²) in [5.74, 6) is 1.48. The number of fused-ring (bicyclic) bond motifs is 2. The zero-order valence-corrected chi connectivity index (χ0v) is 18.1. The molecule has 172 valence electrons. The second-order valence-electron chi connectivity index (χ2n) is 9.65. The number of nitrogens with zero attached hydrogens (tertiary/aromatic N) is 4. The van der Waals surface area contributed by atoms with Crippen LogP contribution in [0.3, 0.4) is 0 Å². The number of anilines is 1. The number of rotatable bonds is 4. The van der Waals surface area contributed by atoms with Crippen molar-refractivity contribution in [1.29, 1.82) is 0 Å². The number of carbonyl (C=O) groups is 1. The lowest BCUT2D eigenvalue weighted by Gasteiger charge is -2.20. The Labute approximate surface area is 187 Å². The van der Waals surface area contributed by atoms with Crippen LogP contribution in [0.25, 0.3) is 11.1 Å². The minimum Gasteiger partial charge on any atom is -0.442 e. The molecule has 0 radical (unpaired) electrons. The number of aryl methyl sites for hydroxylation is 1.